The highest BCUT2D eigenvalue weighted by atomic mass is 16.6. The van der Waals surface area contributed by atoms with Crippen LogP contribution in [0.4, 0.5) is 0 Å². The predicted octanol–water partition coefficient (Wildman–Crippen LogP) is 4.44. The molecule has 3 aliphatic heterocycles. The third-order valence-electron chi connectivity index (χ3n) is 12.3. The molecule has 4 heterocycles. The summed E-state index contributed by atoms with van der Waals surface area (Å²) in [5.74, 6) is -1.41. The van der Waals surface area contributed by atoms with E-state index in [1.807, 2.05) is 64.0 Å². The molecule has 0 bridgehead atoms. The lowest BCUT2D eigenvalue weighted by molar-refractivity contribution is -0.176. The van der Waals surface area contributed by atoms with E-state index in [-0.39, 0.29) is 68.5 Å². The number of ketones is 2. The third-order valence-corrected chi connectivity index (χ3v) is 12.3. The van der Waals surface area contributed by atoms with Crippen molar-refractivity contribution in [3.63, 3.8) is 0 Å². The van der Waals surface area contributed by atoms with Gasteiger partial charge in [-0.15, -0.1) is 0 Å². The summed E-state index contributed by atoms with van der Waals surface area (Å²) in [4.78, 5) is 47.5. The van der Waals surface area contributed by atoms with Crippen molar-refractivity contribution in [2.24, 2.45) is 0 Å². The van der Waals surface area contributed by atoms with Crippen molar-refractivity contribution in [3.05, 3.63) is 85.3 Å². The van der Waals surface area contributed by atoms with Gasteiger partial charge in [-0.1, -0.05) is 12.2 Å². The quantitative estimate of drug-likeness (QED) is 0.189. The van der Waals surface area contributed by atoms with Crippen LogP contribution in [0.25, 0.3) is 11.0 Å². The Morgan fingerprint density at radius 3 is 2.21 bits per heavy atom. The smallest absolute Gasteiger partial charge is 0.202 e. The summed E-state index contributed by atoms with van der Waals surface area (Å²) >= 11 is 0. The Kier molecular flexibility index (Phi) is 9.17. The Morgan fingerprint density at radius 1 is 0.887 bits per heavy atom. The topological polar surface area (TPSA) is 163 Å². The minimum atomic E-state index is -0.945. The third kappa shape index (κ3) is 5.64. The fraction of sp³-hybridized carbons (Fsp3) is 0.537. The number of carbonyl (C=O) groups excluding carboxylic acids is 2. The first-order chi connectivity index (χ1) is 24.8. The van der Waals surface area contributed by atoms with Gasteiger partial charge in [0.1, 0.15) is 23.2 Å². The molecule has 4 aliphatic rings. The van der Waals surface area contributed by atoms with Gasteiger partial charge in [0.2, 0.25) is 5.78 Å². The minimum absolute atomic E-state index is 0.00278. The largest absolute Gasteiger partial charge is 0.507 e. The molecule has 3 fully saturated rings. The molecule has 3 N–H and O–H groups in total. The number of hydrogen-bond acceptors (Lipinski definition) is 12. The van der Waals surface area contributed by atoms with Gasteiger partial charge in [0.25, 0.3) is 0 Å². The first-order valence-electron chi connectivity index (χ1n) is 18.3. The van der Waals surface area contributed by atoms with Crippen LogP contribution in [-0.4, -0.2) is 107 Å². The summed E-state index contributed by atoms with van der Waals surface area (Å²) in [6.45, 7) is 10.8. The summed E-state index contributed by atoms with van der Waals surface area (Å²) in [5.41, 5.74) is -1.32. The molecule has 0 saturated carbocycles. The van der Waals surface area contributed by atoms with E-state index in [2.05, 4.69) is 0 Å². The molecule has 1 aliphatic carbocycles. The number of allylic oxidation sites excluding steroid dienone is 1. The molecule has 12 nitrogen and oxygen atoms in total. The second-order valence-corrected chi connectivity index (χ2v) is 16.1. The molecule has 0 radical (unpaired) electrons. The maximum atomic E-state index is 15.1. The molecule has 3 saturated heterocycles. The lowest BCUT2D eigenvalue weighted by atomic mass is 9.74. The lowest BCUT2D eigenvalue weighted by Gasteiger charge is -2.49. The van der Waals surface area contributed by atoms with Gasteiger partial charge in [-0.3, -0.25) is 14.4 Å². The Hall–Kier alpha value is -3.75. The van der Waals surface area contributed by atoms with Crippen LogP contribution in [-0.2, 0) is 19.8 Å². The van der Waals surface area contributed by atoms with Gasteiger partial charge in [-0.05, 0) is 106 Å². The number of rotatable bonds is 6. The zero-order valence-corrected chi connectivity index (χ0v) is 32.0. The van der Waals surface area contributed by atoms with E-state index >= 15 is 4.79 Å². The molecular weight excluding hydrogens is 680 g/mol. The Bertz CT molecular complexity index is 2120. The summed E-state index contributed by atoms with van der Waals surface area (Å²) in [6.07, 6.45) is -0.576. The molecule has 0 spiro atoms. The minimum Gasteiger partial charge on any atom is -0.507 e. The average molecular weight is 731 g/mol. The van der Waals surface area contributed by atoms with E-state index < -0.39 is 65.1 Å². The van der Waals surface area contributed by atoms with Crippen LogP contribution in [0.5, 0.6) is 5.75 Å². The van der Waals surface area contributed by atoms with Crippen LogP contribution in [0.15, 0.2) is 39.6 Å². The Balaban J connectivity index is 1.48. The predicted molar refractivity (Wildman–Crippen MR) is 197 cm³/mol. The number of benzene rings is 2. The van der Waals surface area contributed by atoms with Crippen LogP contribution in [0, 0.1) is 6.92 Å². The number of aliphatic hydroxyl groups is 2. The Morgan fingerprint density at radius 2 is 1.57 bits per heavy atom. The molecule has 53 heavy (non-hydrogen) atoms. The van der Waals surface area contributed by atoms with Crippen LogP contribution in [0.2, 0.25) is 0 Å². The van der Waals surface area contributed by atoms with Crippen molar-refractivity contribution >= 4 is 22.5 Å². The monoisotopic (exact) mass is 730 g/mol. The number of aliphatic hydroxyl groups excluding tert-OH is 2. The maximum absolute atomic E-state index is 15.1. The molecule has 12 heteroatoms. The first-order valence-corrected chi connectivity index (χ1v) is 18.3. The number of epoxide rings is 1. The average Bonchev–Trinajstić information content (AvgIpc) is 3.76. The van der Waals surface area contributed by atoms with Crippen LogP contribution in [0.1, 0.15) is 114 Å². The van der Waals surface area contributed by atoms with Gasteiger partial charge in [-0.2, -0.15) is 0 Å². The summed E-state index contributed by atoms with van der Waals surface area (Å²) < 4.78 is 25.1. The van der Waals surface area contributed by atoms with Crippen molar-refractivity contribution in [3.8, 4) is 5.75 Å². The van der Waals surface area contributed by atoms with E-state index in [0.29, 0.717) is 17.5 Å². The van der Waals surface area contributed by atoms with Gasteiger partial charge in [0, 0.05) is 34.3 Å². The second-order valence-electron chi connectivity index (χ2n) is 16.1. The number of likely N-dealkylation sites (N-methyl/N-ethyl adjacent to an activating group) is 2. The number of nitrogens with zero attached hydrogens (tertiary/aromatic N) is 2. The zero-order valence-electron chi connectivity index (χ0n) is 32.0. The van der Waals surface area contributed by atoms with E-state index in [1.165, 1.54) is 12.1 Å². The standard InChI is InChI=1S/C41H50N2O10/c1-11-12-28-41(6,53-28)29-16-25(44)30-18(2)13-23-32(38(30)52-29)37(48)33-31(36(23)47)21(26-15-24(42(7)8)34(45)19(3)50-26)14-22(35(33)46)27-17-40(5,43(9)10)39(49)20(4)51-27/h11-14,16,19-20,24,26-28,34,39,45-46,49H,15,17H2,1-10H3/b12-11-/t19-,20+,24+,26+,27-,28?,34+,39-,40-,41?/m1/s1. The number of hydrogen-bond donors (Lipinski definition) is 3. The number of aryl methyl sites for hydroxylation is 1. The normalized spacial score (nSPS) is 34.3. The molecule has 2 aromatic carbocycles. The first kappa shape index (κ1) is 37.6. The fourth-order valence-electron chi connectivity index (χ4n) is 8.74. The molecule has 1 aromatic heterocycles. The van der Waals surface area contributed by atoms with Gasteiger partial charge in [0.05, 0.1) is 53.1 Å². The van der Waals surface area contributed by atoms with Gasteiger partial charge in [0.15, 0.2) is 16.8 Å². The van der Waals surface area contributed by atoms with Crippen LogP contribution in [0.3, 0.4) is 0 Å². The fourth-order valence-corrected chi connectivity index (χ4v) is 8.74. The van der Waals surface area contributed by atoms with Gasteiger partial charge < -0.3 is 43.7 Å². The number of phenolic OH excluding ortho intramolecular Hbond substituents is 1. The van der Waals surface area contributed by atoms with Crippen LogP contribution < -0.4 is 5.43 Å². The van der Waals surface area contributed by atoms with Crippen molar-refractivity contribution in [2.45, 2.75) is 114 Å². The molecule has 0 amide bonds. The molecule has 3 aromatic rings. The number of carbonyl (C=O) groups is 2. The summed E-state index contributed by atoms with van der Waals surface area (Å²) in [6, 6.07) is 4.26. The highest BCUT2D eigenvalue weighted by molar-refractivity contribution is 6.33. The second kappa shape index (κ2) is 12.9. The van der Waals surface area contributed by atoms with Crippen molar-refractivity contribution < 1.29 is 43.5 Å². The molecular formula is C41H50N2O10. The summed E-state index contributed by atoms with van der Waals surface area (Å²) in [5, 5.41) is 34.7. The summed E-state index contributed by atoms with van der Waals surface area (Å²) in [7, 11) is 7.45. The van der Waals surface area contributed by atoms with E-state index in [4.69, 9.17) is 18.6 Å². The van der Waals surface area contributed by atoms with Gasteiger partial charge >= 0.3 is 0 Å². The van der Waals surface area contributed by atoms with Crippen molar-refractivity contribution in [1.82, 2.24) is 9.80 Å². The number of aromatic hydroxyl groups is 1. The van der Waals surface area contributed by atoms with Gasteiger partial charge in [-0.25, -0.2) is 0 Å². The number of fused-ring (bicyclic) bond motifs is 4. The molecule has 284 valence electrons. The Labute approximate surface area is 308 Å². The molecule has 2 unspecified atom stereocenters. The van der Waals surface area contributed by atoms with E-state index in [9.17, 15) is 24.9 Å². The SMILES string of the molecule is C/C=C\C1OC1(C)c1cc(=O)c2c(C)cc3c(c2o1)C(=O)c1c(O)c([C@H]2C[C@@](C)(N(C)C)[C@H](O)[C@H](C)O2)cc([C@@H]2C[C@H](N(C)C)[C@@H](O)[C@@H](C)O2)c1C3=O. The zero-order chi connectivity index (χ0) is 38.6. The molecule has 7 rings (SSSR count). The number of phenols is 1. The van der Waals surface area contributed by atoms with E-state index in [0.717, 1.165) is 0 Å². The van der Waals surface area contributed by atoms with Crippen LogP contribution >= 0.6 is 0 Å². The lowest BCUT2D eigenvalue weighted by Crippen LogP contribution is -2.59. The van der Waals surface area contributed by atoms with Crippen molar-refractivity contribution in [1.29, 1.82) is 0 Å². The van der Waals surface area contributed by atoms with E-state index in [1.54, 1.807) is 33.8 Å². The molecule has 10 atom stereocenters. The maximum Gasteiger partial charge on any atom is 0.202 e. The van der Waals surface area contributed by atoms with Crippen molar-refractivity contribution in [2.75, 3.05) is 28.2 Å². The highest BCUT2D eigenvalue weighted by Gasteiger charge is 2.55. The number of ether oxygens (including phenoxy) is 3. The highest BCUT2D eigenvalue weighted by Crippen LogP contribution is 2.51.